The Morgan fingerprint density at radius 1 is 0.905 bits per heavy atom. The largest absolute Gasteiger partial charge is 0.311 e. The third kappa shape index (κ3) is 4.10. The summed E-state index contributed by atoms with van der Waals surface area (Å²) >= 11 is 0. The van der Waals surface area contributed by atoms with Gasteiger partial charge < -0.3 is 5.32 Å². The van der Waals surface area contributed by atoms with E-state index in [0.29, 0.717) is 5.41 Å². The summed E-state index contributed by atoms with van der Waals surface area (Å²) in [5.41, 5.74) is 3.75. The lowest BCUT2D eigenvalue weighted by molar-refractivity contribution is 0.333. The Bertz CT molecular complexity index is 450. The Hall–Kier alpha value is -0.820. The zero-order valence-electron chi connectivity index (χ0n) is 14.8. The topological polar surface area (TPSA) is 12.0 Å². The second kappa shape index (κ2) is 5.76. The van der Waals surface area contributed by atoms with Gasteiger partial charge in [-0.2, -0.15) is 0 Å². The maximum absolute atomic E-state index is 3.75. The van der Waals surface area contributed by atoms with E-state index in [9.17, 15) is 0 Å². The Morgan fingerprint density at radius 2 is 1.43 bits per heavy atom. The van der Waals surface area contributed by atoms with E-state index in [2.05, 4.69) is 71.1 Å². The average Bonchev–Trinajstić information content (AvgIpc) is 2.85. The molecular weight excluding hydrogens is 254 g/mol. The minimum Gasteiger partial charge on any atom is -0.311 e. The van der Waals surface area contributed by atoms with Crippen molar-refractivity contribution in [1.82, 2.24) is 5.32 Å². The van der Waals surface area contributed by atoms with Crippen LogP contribution in [0.1, 0.15) is 78.4 Å². The Kier molecular flexibility index (Phi) is 4.54. The van der Waals surface area contributed by atoms with Gasteiger partial charge in [0, 0.05) is 17.5 Å². The van der Waals surface area contributed by atoms with Gasteiger partial charge in [0.2, 0.25) is 0 Å². The molecule has 1 saturated carbocycles. The molecule has 0 saturated heterocycles. The number of benzene rings is 1. The molecule has 0 spiro atoms. The monoisotopic (exact) mass is 287 g/mol. The summed E-state index contributed by atoms with van der Waals surface area (Å²) in [5.74, 6) is 0. The molecule has 0 unspecified atom stereocenters. The summed E-state index contributed by atoms with van der Waals surface area (Å²) in [6.45, 7) is 14.7. The molecule has 1 aliphatic rings. The fourth-order valence-corrected chi connectivity index (χ4v) is 3.38. The van der Waals surface area contributed by atoms with Gasteiger partial charge in [0.05, 0.1) is 0 Å². The SMILES string of the molecule is CC(C)(C)NCC1(c2ccc(C(C)(C)C)cc2)CCCC1. The van der Waals surface area contributed by atoms with E-state index < -0.39 is 0 Å². The van der Waals surface area contributed by atoms with Gasteiger partial charge in [-0.1, -0.05) is 57.9 Å². The Morgan fingerprint density at radius 3 is 1.86 bits per heavy atom. The van der Waals surface area contributed by atoms with E-state index in [1.165, 1.54) is 36.8 Å². The Labute approximate surface area is 131 Å². The first-order valence-corrected chi connectivity index (χ1v) is 8.49. The molecule has 1 aliphatic carbocycles. The van der Waals surface area contributed by atoms with E-state index in [0.717, 1.165) is 6.54 Å². The van der Waals surface area contributed by atoms with Crippen molar-refractivity contribution < 1.29 is 0 Å². The molecule has 0 aliphatic heterocycles. The molecule has 1 aromatic rings. The molecule has 0 radical (unpaired) electrons. The second-order valence-corrected chi connectivity index (χ2v) is 8.92. The molecule has 0 atom stereocenters. The number of nitrogens with one attached hydrogen (secondary N) is 1. The van der Waals surface area contributed by atoms with Gasteiger partial charge >= 0.3 is 0 Å². The first kappa shape index (κ1) is 16.5. The minimum atomic E-state index is 0.195. The van der Waals surface area contributed by atoms with E-state index >= 15 is 0 Å². The van der Waals surface area contributed by atoms with Crippen LogP contribution in [-0.2, 0) is 10.8 Å². The summed E-state index contributed by atoms with van der Waals surface area (Å²) in [7, 11) is 0. The van der Waals surface area contributed by atoms with Gasteiger partial charge in [-0.05, 0) is 50.2 Å². The van der Waals surface area contributed by atoms with Gasteiger partial charge in [-0.15, -0.1) is 0 Å². The Balaban J connectivity index is 2.22. The van der Waals surface area contributed by atoms with Crippen LogP contribution in [0.3, 0.4) is 0 Å². The molecular formula is C20H33N. The highest BCUT2D eigenvalue weighted by Crippen LogP contribution is 2.41. The zero-order chi connectivity index (χ0) is 15.7. The van der Waals surface area contributed by atoms with Crippen LogP contribution in [0.15, 0.2) is 24.3 Å². The van der Waals surface area contributed by atoms with Gasteiger partial charge in [0.1, 0.15) is 0 Å². The highest BCUT2D eigenvalue weighted by molar-refractivity contribution is 5.33. The standard InChI is InChI=1S/C20H33N/c1-18(2,3)16-9-11-17(12-10-16)20(13-7-8-14-20)15-21-19(4,5)6/h9-12,21H,7-8,13-15H2,1-6H3. The molecule has 2 rings (SSSR count). The van der Waals surface area contributed by atoms with Crippen molar-refractivity contribution in [3.8, 4) is 0 Å². The van der Waals surface area contributed by atoms with Crippen LogP contribution in [0.5, 0.6) is 0 Å². The third-order valence-corrected chi connectivity index (χ3v) is 4.88. The molecule has 21 heavy (non-hydrogen) atoms. The van der Waals surface area contributed by atoms with Crippen LogP contribution in [0.2, 0.25) is 0 Å². The molecule has 1 fully saturated rings. The molecule has 1 nitrogen and oxygen atoms in total. The predicted molar refractivity (Wildman–Crippen MR) is 93.0 cm³/mol. The molecule has 0 bridgehead atoms. The molecule has 1 aromatic carbocycles. The smallest absolute Gasteiger partial charge is 0.00968 e. The normalized spacial score (nSPS) is 19.0. The van der Waals surface area contributed by atoms with Crippen molar-refractivity contribution in [3.05, 3.63) is 35.4 Å². The quantitative estimate of drug-likeness (QED) is 0.807. The fourth-order valence-electron chi connectivity index (χ4n) is 3.38. The number of rotatable bonds is 3. The summed E-state index contributed by atoms with van der Waals surface area (Å²) in [6.07, 6.45) is 5.38. The third-order valence-electron chi connectivity index (χ3n) is 4.88. The molecule has 118 valence electrons. The lowest BCUT2D eigenvalue weighted by Crippen LogP contribution is -2.45. The van der Waals surface area contributed by atoms with Crippen molar-refractivity contribution >= 4 is 0 Å². The van der Waals surface area contributed by atoms with Crippen molar-refractivity contribution in [2.75, 3.05) is 6.54 Å². The van der Waals surface area contributed by atoms with E-state index in [4.69, 9.17) is 0 Å². The van der Waals surface area contributed by atoms with E-state index in [1.54, 1.807) is 0 Å². The lowest BCUT2D eigenvalue weighted by Gasteiger charge is -2.34. The van der Waals surface area contributed by atoms with Crippen LogP contribution in [-0.4, -0.2) is 12.1 Å². The predicted octanol–water partition coefficient (Wildman–Crippen LogP) is 5.18. The minimum absolute atomic E-state index is 0.195. The molecule has 0 aromatic heterocycles. The van der Waals surface area contributed by atoms with Gasteiger partial charge in [0.25, 0.3) is 0 Å². The summed E-state index contributed by atoms with van der Waals surface area (Å²) in [6, 6.07) is 9.45. The maximum atomic E-state index is 3.75. The molecule has 0 amide bonds. The van der Waals surface area contributed by atoms with E-state index in [1.807, 2.05) is 0 Å². The van der Waals surface area contributed by atoms with E-state index in [-0.39, 0.29) is 11.0 Å². The summed E-state index contributed by atoms with van der Waals surface area (Å²) in [5, 5.41) is 3.75. The van der Waals surface area contributed by atoms with Crippen molar-refractivity contribution in [1.29, 1.82) is 0 Å². The van der Waals surface area contributed by atoms with Crippen LogP contribution in [0, 0.1) is 0 Å². The van der Waals surface area contributed by atoms with Crippen LogP contribution >= 0.6 is 0 Å². The first-order chi connectivity index (χ1) is 9.62. The molecule has 1 heteroatoms. The lowest BCUT2D eigenvalue weighted by atomic mass is 9.76. The first-order valence-electron chi connectivity index (χ1n) is 8.49. The van der Waals surface area contributed by atoms with Gasteiger partial charge in [-0.3, -0.25) is 0 Å². The van der Waals surface area contributed by atoms with Crippen LogP contribution < -0.4 is 5.32 Å². The molecule has 1 N–H and O–H groups in total. The average molecular weight is 287 g/mol. The van der Waals surface area contributed by atoms with Crippen LogP contribution in [0.4, 0.5) is 0 Å². The number of hydrogen-bond acceptors (Lipinski definition) is 1. The highest BCUT2D eigenvalue weighted by atomic mass is 15.0. The van der Waals surface area contributed by atoms with Gasteiger partial charge in [0.15, 0.2) is 0 Å². The zero-order valence-corrected chi connectivity index (χ0v) is 14.8. The van der Waals surface area contributed by atoms with Crippen LogP contribution in [0.25, 0.3) is 0 Å². The highest BCUT2D eigenvalue weighted by Gasteiger charge is 2.36. The van der Waals surface area contributed by atoms with Crippen molar-refractivity contribution in [3.63, 3.8) is 0 Å². The number of hydrogen-bond donors (Lipinski definition) is 1. The summed E-state index contributed by atoms with van der Waals surface area (Å²) < 4.78 is 0. The second-order valence-electron chi connectivity index (χ2n) is 8.92. The van der Waals surface area contributed by atoms with Gasteiger partial charge in [-0.25, -0.2) is 0 Å². The summed E-state index contributed by atoms with van der Waals surface area (Å²) in [4.78, 5) is 0. The van der Waals surface area contributed by atoms with Crippen molar-refractivity contribution in [2.24, 2.45) is 0 Å². The van der Waals surface area contributed by atoms with Crippen molar-refractivity contribution in [2.45, 2.75) is 83.6 Å². The fraction of sp³-hybridized carbons (Fsp3) is 0.700. The maximum Gasteiger partial charge on any atom is 0.00968 e. The molecule has 0 heterocycles.